The lowest BCUT2D eigenvalue weighted by molar-refractivity contribution is -0.138. The average molecular weight is 380 g/mol. The van der Waals surface area contributed by atoms with E-state index in [0.717, 1.165) is 20.8 Å². The van der Waals surface area contributed by atoms with E-state index in [1.807, 2.05) is 12.1 Å². The van der Waals surface area contributed by atoms with Crippen LogP contribution in [0.5, 0.6) is 0 Å². The second-order valence-electron chi connectivity index (χ2n) is 4.12. The molecule has 0 bridgehead atoms. The summed E-state index contributed by atoms with van der Waals surface area (Å²) in [6.45, 7) is 0.403. The monoisotopic (exact) mass is 379 g/mol. The third-order valence-electron chi connectivity index (χ3n) is 2.65. The summed E-state index contributed by atoms with van der Waals surface area (Å²) in [5.41, 5.74) is -1.59. The zero-order chi connectivity index (χ0) is 15.6. The van der Waals surface area contributed by atoms with Crippen LogP contribution in [0, 0.1) is 0 Å². The molecule has 2 N–H and O–H groups in total. The highest BCUT2D eigenvalue weighted by Gasteiger charge is 2.35. The van der Waals surface area contributed by atoms with Gasteiger partial charge in [0.2, 0.25) is 0 Å². The number of hydrogen-bond acceptors (Lipinski definition) is 3. The molecule has 2 aromatic rings. The molecule has 0 unspecified atom stereocenters. The number of carboxylic acids is 1. The normalized spacial score (nSPS) is 11.4. The van der Waals surface area contributed by atoms with E-state index in [1.165, 1.54) is 17.4 Å². The first kappa shape index (κ1) is 15.8. The Hall–Kier alpha value is -1.54. The summed E-state index contributed by atoms with van der Waals surface area (Å²) < 4.78 is 39.1. The van der Waals surface area contributed by atoms with Gasteiger partial charge in [0.1, 0.15) is 0 Å². The SMILES string of the molecule is O=C(O)c1cc(NCc2ccc(Br)s2)ccc1C(F)(F)F. The highest BCUT2D eigenvalue weighted by Crippen LogP contribution is 2.33. The third kappa shape index (κ3) is 3.98. The van der Waals surface area contributed by atoms with Crippen LogP contribution in [-0.2, 0) is 12.7 Å². The minimum atomic E-state index is -4.69. The molecule has 0 saturated carbocycles. The van der Waals surface area contributed by atoms with Gasteiger partial charge in [0.15, 0.2) is 0 Å². The first-order valence-corrected chi connectivity index (χ1v) is 7.31. The zero-order valence-corrected chi connectivity index (χ0v) is 12.8. The van der Waals surface area contributed by atoms with Crippen LogP contribution in [0.1, 0.15) is 20.8 Å². The second kappa shape index (κ2) is 6.07. The van der Waals surface area contributed by atoms with Crippen LogP contribution in [0.4, 0.5) is 18.9 Å². The number of aromatic carboxylic acids is 1. The number of alkyl halides is 3. The molecule has 3 nitrogen and oxygen atoms in total. The number of benzene rings is 1. The molecule has 0 aliphatic carbocycles. The standard InChI is InChI=1S/C13H9BrF3NO2S/c14-11-4-2-8(21-11)6-18-7-1-3-10(13(15,16)17)9(5-7)12(19)20/h1-5,18H,6H2,(H,19,20). The number of anilines is 1. The summed E-state index contributed by atoms with van der Waals surface area (Å²) in [4.78, 5) is 11.9. The third-order valence-corrected chi connectivity index (χ3v) is 4.27. The molecular formula is C13H9BrF3NO2S. The molecule has 1 aromatic heterocycles. The summed E-state index contributed by atoms with van der Waals surface area (Å²) >= 11 is 4.79. The Kier molecular flexibility index (Phi) is 4.58. The minimum Gasteiger partial charge on any atom is -0.478 e. The lowest BCUT2D eigenvalue weighted by Gasteiger charge is -2.12. The van der Waals surface area contributed by atoms with Gasteiger partial charge < -0.3 is 10.4 Å². The average Bonchev–Trinajstić information content (AvgIpc) is 2.80. The van der Waals surface area contributed by atoms with Gasteiger partial charge in [0, 0.05) is 17.1 Å². The Bertz CT molecular complexity index is 670. The lowest BCUT2D eigenvalue weighted by atomic mass is 10.1. The second-order valence-corrected chi connectivity index (χ2v) is 6.67. The highest BCUT2D eigenvalue weighted by molar-refractivity contribution is 9.11. The number of rotatable bonds is 4. The molecule has 0 amide bonds. The number of carbonyl (C=O) groups is 1. The van der Waals surface area contributed by atoms with Crippen LogP contribution in [0.15, 0.2) is 34.1 Å². The van der Waals surface area contributed by atoms with Crippen molar-refractivity contribution in [1.82, 2.24) is 0 Å². The maximum Gasteiger partial charge on any atom is 0.417 e. The van der Waals surface area contributed by atoms with E-state index in [-0.39, 0.29) is 0 Å². The van der Waals surface area contributed by atoms with Gasteiger partial charge in [-0.15, -0.1) is 11.3 Å². The summed E-state index contributed by atoms with van der Waals surface area (Å²) in [5.74, 6) is -1.61. The molecule has 0 saturated heterocycles. The minimum absolute atomic E-state index is 0.324. The van der Waals surface area contributed by atoms with Crippen molar-refractivity contribution in [2.75, 3.05) is 5.32 Å². The number of thiophene rings is 1. The summed E-state index contributed by atoms with van der Waals surface area (Å²) in [6, 6.07) is 6.71. The Morgan fingerprint density at radius 2 is 2.00 bits per heavy atom. The van der Waals surface area contributed by atoms with E-state index in [4.69, 9.17) is 5.11 Å². The smallest absolute Gasteiger partial charge is 0.417 e. The summed E-state index contributed by atoms with van der Waals surface area (Å²) in [5, 5.41) is 11.8. The Labute approximate surface area is 130 Å². The van der Waals surface area contributed by atoms with Crippen molar-refractivity contribution in [3.63, 3.8) is 0 Å². The van der Waals surface area contributed by atoms with E-state index in [1.54, 1.807) is 0 Å². The Morgan fingerprint density at radius 3 is 2.52 bits per heavy atom. The molecule has 2 rings (SSSR count). The molecule has 0 radical (unpaired) electrons. The molecule has 0 atom stereocenters. The fraction of sp³-hybridized carbons (Fsp3) is 0.154. The summed E-state index contributed by atoms with van der Waals surface area (Å²) in [6.07, 6.45) is -4.69. The largest absolute Gasteiger partial charge is 0.478 e. The molecule has 0 spiro atoms. The molecule has 112 valence electrons. The lowest BCUT2D eigenvalue weighted by Crippen LogP contribution is -2.13. The molecule has 1 aromatic carbocycles. The van der Waals surface area contributed by atoms with Gasteiger partial charge in [0.05, 0.1) is 14.9 Å². The van der Waals surface area contributed by atoms with Crippen molar-refractivity contribution >= 4 is 38.9 Å². The Morgan fingerprint density at radius 1 is 1.29 bits per heavy atom. The van der Waals surface area contributed by atoms with Crippen molar-refractivity contribution < 1.29 is 23.1 Å². The van der Waals surface area contributed by atoms with Crippen molar-refractivity contribution in [2.24, 2.45) is 0 Å². The Balaban J connectivity index is 2.22. The maximum absolute atomic E-state index is 12.7. The van der Waals surface area contributed by atoms with E-state index >= 15 is 0 Å². The van der Waals surface area contributed by atoms with Crippen LogP contribution in [0.25, 0.3) is 0 Å². The van der Waals surface area contributed by atoms with E-state index in [0.29, 0.717) is 12.2 Å². The summed E-state index contributed by atoms with van der Waals surface area (Å²) in [7, 11) is 0. The van der Waals surface area contributed by atoms with Gasteiger partial charge in [-0.3, -0.25) is 0 Å². The number of nitrogens with one attached hydrogen (secondary N) is 1. The van der Waals surface area contributed by atoms with Crippen LogP contribution in [0.3, 0.4) is 0 Å². The van der Waals surface area contributed by atoms with Crippen molar-refractivity contribution in [2.45, 2.75) is 12.7 Å². The predicted molar refractivity (Wildman–Crippen MR) is 77.7 cm³/mol. The predicted octanol–water partition coefficient (Wildman–Crippen LogP) is 4.84. The molecule has 0 fully saturated rings. The molecule has 8 heteroatoms. The van der Waals surface area contributed by atoms with Crippen LogP contribution in [-0.4, -0.2) is 11.1 Å². The highest BCUT2D eigenvalue weighted by atomic mass is 79.9. The fourth-order valence-corrected chi connectivity index (χ4v) is 3.14. The first-order valence-electron chi connectivity index (χ1n) is 5.70. The number of halogens is 4. The molecule has 21 heavy (non-hydrogen) atoms. The fourth-order valence-electron chi connectivity index (χ4n) is 1.71. The van der Waals surface area contributed by atoms with Crippen molar-refractivity contribution in [3.05, 3.63) is 50.1 Å². The molecular weight excluding hydrogens is 371 g/mol. The van der Waals surface area contributed by atoms with Gasteiger partial charge >= 0.3 is 12.1 Å². The quantitative estimate of drug-likeness (QED) is 0.798. The maximum atomic E-state index is 12.7. The first-order chi connectivity index (χ1) is 9.77. The van der Waals surface area contributed by atoms with Crippen molar-refractivity contribution in [3.8, 4) is 0 Å². The van der Waals surface area contributed by atoms with Gasteiger partial charge in [-0.05, 0) is 46.3 Å². The molecule has 0 aliphatic heterocycles. The zero-order valence-electron chi connectivity index (χ0n) is 10.4. The molecule has 0 aliphatic rings. The number of carboxylic acid groups (broad SMARTS) is 1. The van der Waals surface area contributed by atoms with Crippen LogP contribution < -0.4 is 5.32 Å². The van der Waals surface area contributed by atoms with Crippen LogP contribution in [0.2, 0.25) is 0 Å². The number of hydrogen-bond donors (Lipinski definition) is 2. The van der Waals surface area contributed by atoms with Crippen LogP contribution >= 0.6 is 27.3 Å². The van der Waals surface area contributed by atoms with E-state index in [2.05, 4.69) is 21.2 Å². The van der Waals surface area contributed by atoms with Gasteiger partial charge in [0.25, 0.3) is 0 Å². The molecule has 1 heterocycles. The van der Waals surface area contributed by atoms with Gasteiger partial charge in [-0.25, -0.2) is 4.79 Å². The van der Waals surface area contributed by atoms with Gasteiger partial charge in [-0.1, -0.05) is 0 Å². The van der Waals surface area contributed by atoms with E-state index in [9.17, 15) is 18.0 Å². The topological polar surface area (TPSA) is 49.3 Å². The van der Waals surface area contributed by atoms with E-state index < -0.39 is 23.3 Å². The van der Waals surface area contributed by atoms with Crippen molar-refractivity contribution in [1.29, 1.82) is 0 Å². The van der Waals surface area contributed by atoms with Gasteiger partial charge in [-0.2, -0.15) is 13.2 Å².